The molecule has 6 heteroatoms. The van der Waals surface area contributed by atoms with E-state index in [-0.39, 0.29) is 16.3 Å². The summed E-state index contributed by atoms with van der Waals surface area (Å²) >= 11 is 11.4. The van der Waals surface area contributed by atoms with Crippen molar-refractivity contribution in [3.8, 4) is 0 Å². The maximum atomic E-state index is 11.7. The highest BCUT2D eigenvalue weighted by atomic mass is 35.5. The Morgan fingerprint density at radius 1 is 1.19 bits per heavy atom. The Labute approximate surface area is 105 Å². The van der Waals surface area contributed by atoms with E-state index in [9.17, 15) is 9.59 Å². The van der Waals surface area contributed by atoms with Crippen LogP contribution in [0, 0.1) is 0 Å². The fraction of sp³-hybridized carbons (Fsp3) is 0.200. The van der Waals surface area contributed by atoms with Gasteiger partial charge in [-0.3, -0.25) is 14.5 Å². The molecule has 1 aliphatic heterocycles. The predicted octanol–water partition coefficient (Wildman–Crippen LogP) is 0.468. The Bertz CT molecular complexity index is 476. The highest BCUT2D eigenvalue weighted by Crippen LogP contribution is 2.20. The monoisotopic (exact) mass is 273 g/mol. The Morgan fingerprint density at radius 2 is 1.81 bits per heavy atom. The molecule has 0 unspecified atom stereocenters. The van der Waals surface area contributed by atoms with Crippen molar-refractivity contribution >= 4 is 49.7 Å². The van der Waals surface area contributed by atoms with E-state index in [1.165, 1.54) is 7.05 Å². The van der Waals surface area contributed by atoms with Gasteiger partial charge in [0.2, 0.25) is 0 Å². The summed E-state index contributed by atoms with van der Waals surface area (Å²) in [4.78, 5) is 24.4. The second-order valence-corrected chi connectivity index (χ2v) is 8.00. The van der Waals surface area contributed by atoms with Crippen molar-refractivity contribution < 1.29 is 9.59 Å². The number of rotatable bonds is 2. The van der Waals surface area contributed by atoms with E-state index in [0.29, 0.717) is 11.1 Å². The lowest BCUT2D eigenvalue weighted by molar-refractivity contribution is 0.0693. The fourth-order valence-corrected chi connectivity index (χ4v) is 3.71. The number of benzene rings is 1. The van der Waals surface area contributed by atoms with Gasteiger partial charge in [0, 0.05) is 7.05 Å². The molecular weight excluding hydrogens is 265 g/mol. The zero-order chi connectivity index (χ0) is 11.9. The van der Waals surface area contributed by atoms with Crippen LogP contribution in [0.15, 0.2) is 18.2 Å². The molecule has 0 radical (unpaired) electrons. The average molecular weight is 274 g/mol. The highest BCUT2D eigenvalue weighted by Gasteiger charge is 2.32. The van der Waals surface area contributed by atoms with E-state index in [1.807, 2.05) is 6.07 Å². The number of carbonyl (C=O) groups excluding carboxylic acids is 2. The molecule has 0 atom stereocenters. The summed E-state index contributed by atoms with van der Waals surface area (Å²) in [6, 6.07) is 5.24. The lowest BCUT2D eigenvalue weighted by atomic mass is 10.1. The van der Waals surface area contributed by atoms with Crippen molar-refractivity contribution in [3.63, 3.8) is 0 Å². The molecule has 2 amide bonds. The molecular formula is C10H9Cl2NO2Si. The van der Waals surface area contributed by atoms with Crippen LogP contribution in [0.1, 0.15) is 20.7 Å². The van der Waals surface area contributed by atoms with E-state index in [4.69, 9.17) is 23.2 Å². The van der Waals surface area contributed by atoms with Gasteiger partial charge in [0.1, 0.15) is 0 Å². The molecule has 84 valence electrons. The van der Waals surface area contributed by atoms with E-state index in [2.05, 4.69) is 0 Å². The maximum Gasteiger partial charge on any atom is 0.261 e. The van der Waals surface area contributed by atoms with E-state index in [0.717, 1.165) is 10.1 Å². The molecule has 16 heavy (non-hydrogen) atoms. The van der Waals surface area contributed by atoms with Gasteiger partial charge >= 0.3 is 0 Å². The lowest BCUT2D eigenvalue weighted by Crippen LogP contribution is -2.24. The first kappa shape index (κ1) is 11.6. The zero-order valence-corrected chi connectivity index (χ0v) is 11.5. The third-order valence-electron chi connectivity index (χ3n) is 2.54. The standard InChI is InChI=1S/C10H9Cl2NO2Si/c1-13-8(14)6-3-2-5(16-10(11)12)4-7(6)9(13)15/h2-4,10H,16H2,1H3. The number of nitrogens with zero attached hydrogens (tertiary/aromatic N) is 1. The maximum absolute atomic E-state index is 11.7. The van der Waals surface area contributed by atoms with Crippen molar-refractivity contribution in [2.24, 2.45) is 0 Å². The van der Waals surface area contributed by atoms with Gasteiger partial charge in [-0.1, -0.05) is 11.3 Å². The molecule has 2 rings (SSSR count). The molecule has 0 spiro atoms. The van der Waals surface area contributed by atoms with Gasteiger partial charge in [-0.2, -0.15) is 0 Å². The Morgan fingerprint density at radius 3 is 2.44 bits per heavy atom. The Kier molecular flexibility index (Phi) is 3.05. The molecule has 1 aromatic rings. The topological polar surface area (TPSA) is 37.4 Å². The number of carbonyl (C=O) groups is 2. The molecule has 0 N–H and O–H groups in total. The van der Waals surface area contributed by atoms with E-state index in [1.54, 1.807) is 12.1 Å². The molecule has 1 heterocycles. The number of halogens is 2. The molecule has 0 aliphatic carbocycles. The first-order chi connectivity index (χ1) is 7.50. The number of hydrogen-bond acceptors (Lipinski definition) is 2. The van der Waals surface area contributed by atoms with Crippen LogP contribution in [-0.2, 0) is 0 Å². The normalized spacial score (nSPS) is 15.6. The molecule has 3 nitrogen and oxygen atoms in total. The van der Waals surface area contributed by atoms with Crippen LogP contribution in [0.2, 0.25) is 0 Å². The van der Waals surface area contributed by atoms with Crippen LogP contribution in [0.5, 0.6) is 0 Å². The zero-order valence-electron chi connectivity index (χ0n) is 8.54. The van der Waals surface area contributed by atoms with E-state index >= 15 is 0 Å². The molecule has 1 aliphatic rings. The van der Waals surface area contributed by atoms with Crippen molar-refractivity contribution in [2.75, 3.05) is 7.05 Å². The van der Waals surface area contributed by atoms with Gasteiger partial charge in [0.15, 0.2) is 0 Å². The van der Waals surface area contributed by atoms with Crippen LogP contribution in [0.3, 0.4) is 0 Å². The summed E-state index contributed by atoms with van der Waals surface area (Å²) in [5, 5.41) is 0.991. The Hall–Kier alpha value is -0.843. The van der Waals surface area contributed by atoms with Crippen molar-refractivity contribution in [1.29, 1.82) is 0 Å². The van der Waals surface area contributed by atoms with Crippen LogP contribution in [-0.4, -0.2) is 37.7 Å². The van der Waals surface area contributed by atoms with Gasteiger partial charge in [-0.15, -0.1) is 23.2 Å². The number of imide groups is 1. The average Bonchev–Trinajstić information content (AvgIpc) is 2.43. The number of alkyl halides is 2. The van der Waals surface area contributed by atoms with Gasteiger partial charge in [0.25, 0.3) is 11.8 Å². The molecule has 0 aromatic heterocycles. The van der Waals surface area contributed by atoms with Crippen molar-refractivity contribution in [2.45, 2.75) is 4.46 Å². The summed E-state index contributed by atoms with van der Waals surface area (Å²) in [6.45, 7) is 0. The molecule has 0 saturated carbocycles. The van der Waals surface area contributed by atoms with Crippen LogP contribution < -0.4 is 5.19 Å². The van der Waals surface area contributed by atoms with Crippen LogP contribution in [0.4, 0.5) is 0 Å². The Balaban J connectivity index is 2.41. The number of hydrogen-bond donors (Lipinski definition) is 0. The first-order valence-corrected chi connectivity index (χ1v) is 7.14. The summed E-state index contributed by atoms with van der Waals surface area (Å²) < 4.78 is -0.372. The summed E-state index contributed by atoms with van der Waals surface area (Å²) in [6.07, 6.45) is 0. The minimum Gasteiger partial charge on any atom is -0.277 e. The van der Waals surface area contributed by atoms with Gasteiger partial charge in [-0.25, -0.2) is 0 Å². The third-order valence-corrected chi connectivity index (χ3v) is 4.69. The van der Waals surface area contributed by atoms with Gasteiger partial charge in [0.05, 0.1) is 25.1 Å². The van der Waals surface area contributed by atoms with Crippen molar-refractivity contribution in [1.82, 2.24) is 4.90 Å². The highest BCUT2D eigenvalue weighted by molar-refractivity contribution is 6.75. The minimum atomic E-state index is -0.803. The summed E-state index contributed by atoms with van der Waals surface area (Å²) in [7, 11) is 0.677. The molecule has 0 saturated heterocycles. The van der Waals surface area contributed by atoms with Crippen LogP contribution >= 0.6 is 23.2 Å². The quantitative estimate of drug-likeness (QED) is 0.446. The summed E-state index contributed by atoms with van der Waals surface area (Å²) in [5.74, 6) is -0.502. The smallest absolute Gasteiger partial charge is 0.261 e. The second kappa shape index (κ2) is 4.20. The summed E-state index contributed by atoms with van der Waals surface area (Å²) in [5.41, 5.74) is 0.928. The number of amides is 2. The fourth-order valence-electron chi connectivity index (χ4n) is 1.71. The van der Waals surface area contributed by atoms with E-state index < -0.39 is 9.52 Å². The third kappa shape index (κ3) is 1.88. The second-order valence-electron chi connectivity index (χ2n) is 3.64. The first-order valence-electron chi connectivity index (χ1n) is 4.74. The van der Waals surface area contributed by atoms with Crippen LogP contribution in [0.25, 0.3) is 0 Å². The molecule has 1 aromatic carbocycles. The van der Waals surface area contributed by atoms with Crippen molar-refractivity contribution in [3.05, 3.63) is 29.3 Å². The van der Waals surface area contributed by atoms with Gasteiger partial charge < -0.3 is 0 Å². The lowest BCUT2D eigenvalue weighted by Gasteiger charge is -2.03. The number of fused-ring (bicyclic) bond motifs is 1. The largest absolute Gasteiger partial charge is 0.277 e. The molecule has 0 fully saturated rings. The predicted molar refractivity (Wildman–Crippen MR) is 66.5 cm³/mol. The minimum absolute atomic E-state index is 0.249. The molecule has 0 bridgehead atoms. The van der Waals surface area contributed by atoms with Gasteiger partial charge in [-0.05, 0) is 12.1 Å². The SMILES string of the molecule is CN1C(=O)c2ccc([SiH2]C(Cl)Cl)cc2C1=O.